The Morgan fingerprint density at radius 2 is 1.68 bits per heavy atom. The molecule has 0 aromatic rings. The highest BCUT2D eigenvalue weighted by Crippen LogP contribution is 2.55. The molecule has 168 valence electrons. The van der Waals surface area contributed by atoms with Gasteiger partial charge in [-0.3, -0.25) is 14.4 Å². The Morgan fingerprint density at radius 3 is 2.32 bits per heavy atom. The zero-order valence-corrected chi connectivity index (χ0v) is 18.1. The first-order valence-corrected chi connectivity index (χ1v) is 11.9. The molecule has 4 fully saturated rings. The van der Waals surface area contributed by atoms with Crippen LogP contribution in [-0.4, -0.2) is 59.0 Å². The first kappa shape index (κ1) is 20.7. The Kier molecular flexibility index (Phi) is 5.40. The summed E-state index contributed by atoms with van der Waals surface area (Å²) in [4.78, 5) is 41.8. The molecule has 2 saturated heterocycles. The highest BCUT2D eigenvalue weighted by molar-refractivity contribution is 6.00. The van der Waals surface area contributed by atoms with Crippen molar-refractivity contribution in [2.75, 3.05) is 6.54 Å². The minimum Gasteiger partial charge on any atom is -0.359 e. The summed E-state index contributed by atoms with van der Waals surface area (Å²) < 4.78 is 6.32. The fourth-order valence-corrected chi connectivity index (χ4v) is 6.50. The van der Waals surface area contributed by atoms with E-state index in [1.807, 2.05) is 12.2 Å². The van der Waals surface area contributed by atoms with E-state index in [-0.39, 0.29) is 36.3 Å². The zero-order chi connectivity index (χ0) is 21.6. The van der Waals surface area contributed by atoms with Crippen molar-refractivity contribution >= 4 is 17.7 Å². The van der Waals surface area contributed by atoms with Crippen LogP contribution in [0.5, 0.6) is 0 Å². The van der Waals surface area contributed by atoms with E-state index < -0.39 is 29.6 Å². The maximum absolute atomic E-state index is 13.5. The number of carbonyl (C=O) groups is 3. The fourth-order valence-electron chi connectivity index (χ4n) is 6.50. The average Bonchev–Trinajstić information content (AvgIpc) is 3.52. The van der Waals surface area contributed by atoms with Gasteiger partial charge in [-0.25, -0.2) is 0 Å². The standard InChI is InChI=1S/C24H33N3O4/c1-2-14-27-20(22(29)26-16-10-6-7-11-16)24-13-12-17(31-24)18(19(24)23(27)30)21(28)25-15-8-4-3-5-9-15/h2,12-13,15-20H,1,3-11,14H2,(H,25,28)(H,26,29)/t17-,18-,19+,20-,24-/m0/s1. The van der Waals surface area contributed by atoms with Gasteiger partial charge in [0.15, 0.2) is 0 Å². The van der Waals surface area contributed by atoms with E-state index in [1.165, 1.54) is 6.42 Å². The molecule has 0 aromatic carbocycles. The molecule has 7 heteroatoms. The van der Waals surface area contributed by atoms with Crippen LogP contribution in [0.2, 0.25) is 0 Å². The zero-order valence-electron chi connectivity index (χ0n) is 18.1. The van der Waals surface area contributed by atoms with Crippen LogP contribution < -0.4 is 10.6 Å². The quantitative estimate of drug-likeness (QED) is 0.633. The number of hydrogen-bond acceptors (Lipinski definition) is 4. The molecule has 1 spiro atoms. The number of carbonyl (C=O) groups excluding carboxylic acids is 3. The van der Waals surface area contributed by atoms with Gasteiger partial charge in [0, 0.05) is 18.6 Å². The normalized spacial score (nSPS) is 37.3. The molecular weight excluding hydrogens is 394 g/mol. The largest absolute Gasteiger partial charge is 0.359 e. The van der Waals surface area contributed by atoms with Crippen molar-refractivity contribution in [2.24, 2.45) is 11.8 Å². The molecule has 0 aromatic heterocycles. The van der Waals surface area contributed by atoms with Gasteiger partial charge in [0.1, 0.15) is 11.6 Å². The third-order valence-electron chi connectivity index (χ3n) is 7.90. The van der Waals surface area contributed by atoms with Crippen molar-refractivity contribution in [3.8, 4) is 0 Å². The van der Waals surface area contributed by atoms with Crippen molar-refractivity contribution in [2.45, 2.75) is 87.6 Å². The van der Waals surface area contributed by atoms with Crippen LogP contribution in [-0.2, 0) is 19.1 Å². The number of ether oxygens (including phenoxy) is 1. The van der Waals surface area contributed by atoms with Crippen LogP contribution in [0.3, 0.4) is 0 Å². The van der Waals surface area contributed by atoms with Gasteiger partial charge in [-0.2, -0.15) is 0 Å². The Hall–Kier alpha value is -2.15. The molecule has 3 aliphatic heterocycles. The van der Waals surface area contributed by atoms with Gasteiger partial charge in [0.2, 0.25) is 17.7 Å². The SMILES string of the molecule is C=CCN1C(=O)[C@H]2[C@@H](C(=O)NC3CCCCC3)[C@@H]3C=C[C@@]2(O3)[C@@H]1C(=O)NC1CCCC1. The molecule has 5 atom stereocenters. The molecular formula is C24H33N3O4. The Labute approximate surface area is 183 Å². The maximum atomic E-state index is 13.5. The molecule has 0 radical (unpaired) electrons. The highest BCUT2D eigenvalue weighted by Gasteiger charge is 2.72. The minimum atomic E-state index is -1.07. The summed E-state index contributed by atoms with van der Waals surface area (Å²) in [5, 5.41) is 6.33. The van der Waals surface area contributed by atoms with Crippen molar-refractivity contribution in [3.05, 3.63) is 24.8 Å². The van der Waals surface area contributed by atoms with Gasteiger partial charge >= 0.3 is 0 Å². The van der Waals surface area contributed by atoms with Crippen molar-refractivity contribution in [1.29, 1.82) is 0 Å². The summed E-state index contributed by atoms with van der Waals surface area (Å²) in [6.07, 6.45) is 14.5. The third kappa shape index (κ3) is 3.32. The Morgan fingerprint density at radius 1 is 1.06 bits per heavy atom. The number of nitrogens with one attached hydrogen (secondary N) is 2. The predicted molar refractivity (Wildman–Crippen MR) is 115 cm³/mol. The lowest BCUT2D eigenvalue weighted by Crippen LogP contribution is -2.56. The second-order valence-corrected chi connectivity index (χ2v) is 9.81. The number of amides is 3. The van der Waals surface area contributed by atoms with Crippen molar-refractivity contribution < 1.29 is 19.1 Å². The minimum absolute atomic E-state index is 0.114. The smallest absolute Gasteiger partial charge is 0.246 e. The van der Waals surface area contributed by atoms with Crippen molar-refractivity contribution in [1.82, 2.24) is 15.5 Å². The number of rotatable bonds is 6. The number of hydrogen-bond donors (Lipinski definition) is 2. The second kappa shape index (κ2) is 8.08. The number of fused-ring (bicyclic) bond motifs is 1. The third-order valence-corrected chi connectivity index (χ3v) is 7.90. The van der Waals surface area contributed by atoms with Crippen LogP contribution >= 0.6 is 0 Å². The lowest BCUT2D eigenvalue weighted by Gasteiger charge is -2.32. The van der Waals surface area contributed by atoms with Gasteiger partial charge in [-0.1, -0.05) is 50.3 Å². The second-order valence-electron chi connectivity index (χ2n) is 9.81. The fraction of sp³-hybridized carbons (Fsp3) is 0.708. The van der Waals surface area contributed by atoms with Crippen LogP contribution in [0.4, 0.5) is 0 Å². The molecule has 0 unspecified atom stereocenters. The average molecular weight is 428 g/mol. The molecule has 2 aliphatic carbocycles. The molecule has 2 saturated carbocycles. The summed E-state index contributed by atoms with van der Waals surface area (Å²) in [7, 11) is 0. The van der Waals surface area contributed by atoms with E-state index in [1.54, 1.807) is 11.0 Å². The van der Waals surface area contributed by atoms with Crippen LogP contribution in [0, 0.1) is 11.8 Å². The first-order chi connectivity index (χ1) is 15.0. The van der Waals surface area contributed by atoms with E-state index in [2.05, 4.69) is 17.2 Å². The molecule has 3 heterocycles. The van der Waals surface area contributed by atoms with E-state index in [9.17, 15) is 14.4 Å². The Balaban J connectivity index is 1.40. The van der Waals surface area contributed by atoms with E-state index in [0.717, 1.165) is 51.4 Å². The Bertz CT molecular complexity index is 799. The van der Waals surface area contributed by atoms with Gasteiger partial charge in [0.25, 0.3) is 0 Å². The number of likely N-dealkylation sites (tertiary alicyclic amines) is 1. The highest BCUT2D eigenvalue weighted by atomic mass is 16.5. The molecule has 5 rings (SSSR count). The first-order valence-electron chi connectivity index (χ1n) is 11.9. The molecule has 5 aliphatic rings. The van der Waals surface area contributed by atoms with Gasteiger partial charge in [0.05, 0.1) is 17.9 Å². The van der Waals surface area contributed by atoms with Crippen LogP contribution in [0.15, 0.2) is 24.8 Å². The van der Waals surface area contributed by atoms with E-state index >= 15 is 0 Å². The summed E-state index contributed by atoms with van der Waals surface area (Å²) in [6, 6.07) is -0.448. The molecule has 31 heavy (non-hydrogen) atoms. The summed E-state index contributed by atoms with van der Waals surface area (Å²) >= 11 is 0. The monoisotopic (exact) mass is 427 g/mol. The number of nitrogens with zero attached hydrogens (tertiary/aromatic N) is 1. The summed E-state index contributed by atoms with van der Waals surface area (Å²) in [5.74, 6) is -1.72. The predicted octanol–water partition coefficient (Wildman–Crippen LogP) is 1.83. The molecule has 2 bridgehead atoms. The lowest BCUT2D eigenvalue weighted by molar-refractivity contribution is -0.141. The van der Waals surface area contributed by atoms with Gasteiger partial charge in [-0.05, 0) is 25.7 Å². The topological polar surface area (TPSA) is 87.7 Å². The summed E-state index contributed by atoms with van der Waals surface area (Å²) in [5.41, 5.74) is -1.07. The lowest BCUT2D eigenvalue weighted by atomic mass is 9.74. The van der Waals surface area contributed by atoms with Crippen LogP contribution in [0.25, 0.3) is 0 Å². The maximum Gasteiger partial charge on any atom is 0.246 e. The molecule has 7 nitrogen and oxygen atoms in total. The molecule has 2 N–H and O–H groups in total. The van der Waals surface area contributed by atoms with E-state index in [0.29, 0.717) is 0 Å². The van der Waals surface area contributed by atoms with Crippen LogP contribution in [0.1, 0.15) is 57.8 Å². The van der Waals surface area contributed by atoms with E-state index in [4.69, 9.17) is 4.74 Å². The van der Waals surface area contributed by atoms with Crippen molar-refractivity contribution in [3.63, 3.8) is 0 Å². The van der Waals surface area contributed by atoms with Gasteiger partial charge < -0.3 is 20.3 Å². The summed E-state index contributed by atoms with van der Waals surface area (Å²) in [6.45, 7) is 4.04. The van der Waals surface area contributed by atoms with Gasteiger partial charge in [-0.15, -0.1) is 6.58 Å². The molecule has 3 amide bonds.